The zero-order valence-corrected chi connectivity index (χ0v) is 13.1. The van der Waals surface area contributed by atoms with Crippen molar-refractivity contribution in [2.24, 2.45) is 0 Å². The molecule has 0 atom stereocenters. The minimum Gasteiger partial charge on any atom is -0.352 e. The Kier molecular flexibility index (Phi) is 5.25. The molecular weight excluding hydrogens is 329 g/mol. The Morgan fingerprint density at radius 2 is 1.91 bits per heavy atom. The predicted molar refractivity (Wildman–Crippen MR) is 81.2 cm³/mol. The zero-order chi connectivity index (χ0) is 17.0. The average Bonchev–Trinajstić information content (AvgIpc) is 2.81. The molecule has 0 aliphatic carbocycles. The second-order valence-electron chi connectivity index (χ2n) is 5.02. The lowest BCUT2D eigenvalue weighted by Crippen LogP contribution is -2.26. The standard InChI is InChI=1S/C15H15F3N2O2S/c1-10-9-23-14(22)20(10)7-6-13(21)19-8-11-2-4-12(5-3-11)15(16,17)18/h2-5,9H,6-8H2,1H3,(H,19,21). The second kappa shape index (κ2) is 6.99. The molecule has 0 aliphatic rings. The third-order valence-electron chi connectivity index (χ3n) is 3.31. The largest absolute Gasteiger partial charge is 0.416 e. The van der Waals surface area contributed by atoms with Crippen molar-refractivity contribution in [1.29, 1.82) is 0 Å². The van der Waals surface area contributed by atoms with Gasteiger partial charge in [-0.3, -0.25) is 9.59 Å². The lowest BCUT2D eigenvalue weighted by Gasteiger charge is -2.09. The van der Waals surface area contributed by atoms with Crippen molar-refractivity contribution in [1.82, 2.24) is 9.88 Å². The number of hydrogen-bond donors (Lipinski definition) is 1. The predicted octanol–water partition coefficient (Wildman–Crippen LogP) is 2.94. The smallest absolute Gasteiger partial charge is 0.352 e. The molecule has 0 saturated carbocycles. The SMILES string of the molecule is Cc1csc(=O)n1CCC(=O)NCc1ccc(C(F)(F)F)cc1. The quantitative estimate of drug-likeness (QED) is 0.907. The summed E-state index contributed by atoms with van der Waals surface area (Å²) in [4.78, 5) is 23.1. The Morgan fingerprint density at radius 1 is 1.26 bits per heavy atom. The molecule has 0 saturated heterocycles. The molecule has 1 amide bonds. The molecule has 0 spiro atoms. The van der Waals surface area contributed by atoms with Crippen molar-refractivity contribution in [2.75, 3.05) is 0 Å². The van der Waals surface area contributed by atoms with Gasteiger partial charge in [-0.15, -0.1) is 0 Å². The first kappa shape index (κ1) is 17.3. The Bertz CT molecular complexity index is 732. The van der Waals surface area contributed by atoms with Gasteiger partial charge in [-0.25, -0.2) is 0 Å². The van der Waals surface area contributed by atoms with Crippen molar-refractivity contribution in [3.63, 3.8) is 0 Å². The molecule has 8 heteroatoms. The molecule has 1 N–H and O–H groups in total. The maximum atomic E-state index is 12.4. The summed E-state index contributed by atoms with van der Waals surface area (Å²) < 4.78 is 38.8. The van der Waals surface area contributed by atoms with Crippen LogP contribution >= 0.6 is 11.3 Å². The molecule has 1 aromatic carbocycles. The van der Waals surface area contributed by atoms with Crippen LogP contribution in [0, 0.1) is 6.92 Å². The molecule has 4 nitrogen and oxygen atoms in total. The average molecular weight is 344 g/mol. The highest BCUT2D eigenvalue weighted by Crippen LogP contribution is 2.29. The van der Waals surface area contributed by atoms with Crippen molar-refractivity contribution in [3.05, 3.63) is 56.1 Å². The van der Waals surface area contributed by atoms with Crippen LogP contribution in [0.3, 0.4) is 0 Å². The molecule has 0 aliphatic heterocycles. The van der Waals surface area contributed by atoms with Crippen molar-refractivity contribution in [2.45, 2.75) is 32.6 Å². The maximum absolute atomic E-state index is 12.4. The highest BCUT2D eigenvalue weighted by atomic mass is 32.1. The number of carbonyl (C=O) groups excluding carboxylic acids is 1. The zero-order valence-electron chi connectivity index (χ0n) is 12.3. The summed E-state index contributed by atoms with van der Waals surface area (Å²) in [7, 11) is 0. The number of alkyl halides is 3. The first-order chi connectivity index (χ1) is 10.8. The minimum atomic E-state index is -4.37. The lowest BCUT2D eigenvalue weighted by molar-refractivity contribution is -0.137. The van der Waals surface area contributed by atoms with E-state index in [1.807, 2.05) is 0 Å². The molecule has 2 rings (SSSR count). The molecule has 124 valence electrons. The minimum absolute atomic E-state index is 0.113. The normalized spacial score (nSPS) is 11.5. The van der Waals surface area contributed by atoms with Crippen LogP contribution in [0.15, 0.2) is 34.4 Å². The molecule has 0 fully saturated rings. The van der Waals surface area contributed by atoms with Gasteiger partial charge in [0.15, 0.2) is 0 Å². The molecule has 2 aromatic rings. The fraction of sp³-hybridized carbons (Fsp3) is 0.333. The van der Waals surface area contributed by atoms with Crippen molar-refractivity contribution < 1.29 is 18.0 Å². The van der Waals surface area contributed by atoms with Gasteiger partial charge in [0.1, 0.15) is 0 Å². The summed E-state index contributed by atoms with van der Waals surface area (Å²) in [5.74, 6) is -0.262. The topological polar surface area (TPSA) is 51.1 Å². The summed E-state index contributed by atoms with van der Waals surface area (Å²) >= 11 is 1.08. The Balaban J connectivity index is 1.84. The number of nitrogens with one attached hydrogen (secondary N) is 1. The van der Waals surface area contributed by atoms with Gasteiger partial charge in [0, 0.05) is 30.6 Å². The van der Waals surface area contributed by atoms with Crippen LogP contribution in [0.1, 0.15) is 23.2 Å². The van der Waals surface area contributed by atoms with E-state index in [2.05, 4.69) is 5.32 Å². The van der Waals surface area contributed by atoms with Gasteiger partial charge in [-0.05, 0) is 24.6 Å². The monoisotopic (exact) mass is 344 g/mol. The number of aromatic nitrogens is 1. The summed E-state index contributed by atoms with van der Waals surface area (Å²) in [6.45, 7) is 2.22. The highest BCUT2D eigenvalue weighted by Gasteiger charge is 2.29. The van der Waals surface area contributed by atoms with E-state index in [4.69, 9.17) is 0 Å². The van der Waals surface area contributed by atoms with E-state index in [1.165, 1.54) is 16.7 Å². The van der Waals surface area contributed by atoms with Crippen LogP contribution in [0.2, 0.25) is 0 Å². The number of hydrogen-bond acceptors (Lipinski definition) is 3. The molecule has 0 radical (unpaired) electrons. The summed E-state index contributed by atoms with van der Waals surface area (Å²) in [6, 6.07) is 4.62. The number of nitrogens with zero attached hydrogens (tertiary/aromatic N) is 1. The Labute approximate surface area is 134 Å². The van der Waals surface area contributed by atoms with E-state index in [-0.39, 0.29) is 30.3 Å². The van der Waals surface area contributed by atoms with Crippen molar-refractivity contribution in [3.8, 4) is 0 Å². The summed E-state index contributed by atoms with van der Waals surface area (Å²) in [5, 5.41) is 4.35. The van der Waals surface area contributed by atoms with Crippen LogP contribution in [-0.2, 0) is 24.1 Å². The number of aryl methyl sites for hydroxylation is 1. The fourth-order valence-electron chi connectivity index (χ4n) is 1.99. The second-order valence-corrected chi connectivity index (χ2v) is 5.84. The van der Waals surface area contributed by atoms with E-state index < -0.39 is 11.7 Å². The third-order valence-corrected chi connectivity index (χ3v) is 4.19. The van der Waals surface area contributed by atoms with Gasteiger partial charge >= 0.3 is 11.0 Å². The number of rotatable bonds is 5. The van der Waals surface area contributed by atoms with E-state index in [1.54, 1.807) is 12.3 Å². The van der Waals surface area contributed by atoms with Gasteiger partial charge < -0.3 is 9.88 Å². The molecule has 0 bridgehead atoms. The maximum Gasteiger partial charge on any atom is 0.416 e. The molecular formula is C15H15F3N2O2S. The first-order valence-electron chi connectivity index (χ1n) is 6.85. The van der Waals surface area contributed by atoms with E-state index in [9.17, 15) is 22.8 Å². The molecule has 0 unspecified atom stereocenters. The fourth-order valence-corrected chi connectivity index (χ4v) is 2.75. The number of carbonyl (C=O) groups is 1. The van der Waals surface area contributed by atoms with Crippen molar-refractivity contribution >= 4 is 17.2 Å². The first-order valence-corrected chi connectivity index (χ1v) is 7.73. The molecule has 1 aromatic heterocycles. The van der Waals surface area contributed by atoms with Crippen LogP contribution < -0.4 is 10.2 Å². The Morgan fingerprint density at radius 3 is 2.43 bits per heavy atom. The van der Waals surface area contributed by atoms with E-state index in [0.717, 1.165) is 29.2 Å². The number of amides is 1. The Hall–Kier alpha value is -2.09. The van der Waals surface area contributed by atoms with Gasteiger partial charge in [0.05, 0.1) is 5.56 Å². The van der Waals surface area contributed by atoms with Crippen LogP contribution in [-0.4, -0.2) is 10.5 Å². The summed E-state index contributed by atoms with van der Waals surface area (Å²) in [6.07, 6.45) is -4.23. The lowest BCUT2D eigenvalue weighted by atomic mass is 10.1. The van der Waals surface area contributed by atoms with E-state index in [0.29, 0.717) is 5.56 Å². The van der Waals surface area contributed by atoms with Gasteiger partial charge in [0.2, 0.25) is 5.91 Å². The number of benzene rings is 1. The van der Waals surface area contributed by atoms with Crippen LogP contribution in [0.5, 0.6) is 0 Å². The highest BCUT2D eigenvalue weighted by molar-refractivity contribution is 7.07. The number of thiazole rings is 1. The van der Waals surface area contributed by atoms with Gasteiger partial charge in [-0.2, -0.15) is 13.2 Å². The number of halogens is 3. The van der Waals surface area contributed by atoms with Crippen LogP contribution in [0.4, 0.5) is 13.2 Å². The van der Waals surface area contributed by atoms with Gasteiger partial charge in [0.25, 0.3) is 0 Å². The molecule has 23 heavy (non-hydrogen) atoms. The summed E-state index contributed by atoms with van der Waals surface area (Å²) in [5.41, 5.74) is 0.658. The molecule has 1 heterocycles. The van der Waals surface area contributed by atoms with E-state index >= 15 is 0 Å². The van der Waals surface area contributed by atoms with Crippen LogP contribution in [0.25, 0.3) is 0 Å². The third kappa shape index (κ3) is 4.69. The van der Waals surface area contributed by atoms with Gasteiger partial charge in [-0.1, -0.05) is 23.5 Å².